The fourth-order valence-corrected chi connectivity index (χ4v) is 3.83. The van der Waals surface area contributed by atoms with E-state index in [1.807, 2.05) is 24.3 Å². The second-order valence-corrected chi connectivity index (χ2v) is 7.46. The SMILES string of the molecule is COc1ccccc1CNc1nc(N)c(C(=O)c2cc3cc(Cl)ccc3o2)s1. The molecule has 3 N–H and O–H groups in total. The van der Waals surface area contributed by atoms with Crippen molar-refractivity contribution in [3.05, 3.63) is 69.8 Å². The minimum absolute atomic E-state index is 0.163. The maximum Gasteiger partial charge on any atom is 0.242 e. The Bertz CT molecular complexity index is 1170. The van der Waals surface area contributed by atoms with Crippen LogP contribution in [0.5, 0.6) is 5.75 Å². The molecule has 0 atom stereocenters. The Morgan fingerprint density at radius 3 is 2.93 bits per heavy atom. The van der Waals surface area contributed by atoms with Crippen LogP contribution >= 0.6 is 22.9 Å². The number of anilines is 2. The number of thiazole rings is 1. The number of nitrogens with one attached hydrogen (secondary N) is 1. The second kappa shape index (κ2) is 7.53. The van der Waals surface area contributed by atoms with Gasteiger partial charge in [-0.3, -0.25) is 4.79 Å². The zero-order valence-corrected chi connectivity index (χ0v) is 16.4. The van der Waals surface area contributed by atoms with E-state index in [9.17, 15) is 4.79 Å². The van der Waals surface area contributed by atoms with Crippen LogP contribution in [0.1, 0.15) is 21.0 Å². The number of ether oxygens (including phenoxy) is 1. The predicted octanol–water partition coefficient (Wildman–Crippen LogP) is 4.98. The summed E-state index contributed by atoms with van der Waals surface area (Å²) in [6, 6.07) is 14.5. The van der Waals surface area contributed by atoms with E-state index in [4.69, 9.17) is 26.5 Å². The third kappa shape index (κ3) is 3.54. The van der Waals surface area contributed by atoms with E-state index in [1.165, 1.54) is 11.3 Å². The molecule has 0 unspecified atom stereocenters. The molecule has 0 bridgehead atoms. The Morgan fingerprint density at radius 1 is 1.29 bits per heavy atom. The molecule has 4 rings (SSSR count). The van der Waals surface area contributed by atoms with E-state index in [2.05, 4.69) is 10.3 Å². The van der Waals surface area contributed by atoms with Gasteiger partial charge in [0.05, 0.1) is 7.11 Å². The molecule has 28 heavy (non-hydrogen) atoms. The summed E-state index contributed by atoms with van der Waals surface area (Å²) in [4.78, 5) is 17.4. The Balaban J connectivity index is 1.55. The van der Waals surface area contributed by atoms with Crippen molar-refractivity contribution in [2.24, 2.45) is 0 Å². The topological polar surface area (TPSA) is 90.4 Å². The summed E-state index contributed by atoms with van der Waals surface area (Å²) >= 11 is 7.17. The fourth-order valence-electron chi connectivity index (χ4n) is 2.83. The van der Waals surface area contributed by atoms with Crippen molar-refractivity contribution in [1.82, 2.24) is 4.98 Å². The van der Waals surface area contributed by atoms with Crippen LogP contribution in [-0.4, -0.2) is 17.9 Å². The summed E-state index contributed by atoms with van der Waals surface area (Å²) in [5, 5.41) is 5.07. The van der Waals surface area contributed by atoms with Crippen LogP contribution in [-0.2, 0) is 6.54 Å². The summed E-state index contributed by atoms with van der Waals surface area (Å²) in [7, 11) is 1.62. The Hall–Kier alpha value is -3.03. The van der Waals surface area contributed by atoms with Crippen LogP contribution in [0.4, 0.5) is 10.9 Å². The molecule has 6 nitrogen and oxygen atoms in total. The zero-order valence-electron chi connectivity index (χ0n) is 14.9. The molecule has 8 heteroatoms. The van der Waals surface area contributed by atoms with Gasteiger partial charge in [-0.25, -0.2) is 4.98 Å². The molecule has 0 aliphatic carbocycles. The third-order valence-electron chi connectivity index (χ3n) is 4.18. The molecule has 4 aromatic rings. The number of methoxy groups -OCH3 is 1. The van der Waals surface area contributed by atoms with E-state index in [-0.39, 0.29) is 17.4 Å². The standard InChI is InChI=1S/C20H16ClN3O3S/c1-26-14-5-3-2-4-11(14)10-23-20-24-19(22)18(28-20)17(25)16-9-12-8-13(21)6-7-15(12)27-16/h2-9H,10,22H2,1H3,(H,23,24). The van der Waals surface area contributed by atoms with Gasteiger partial charge in [0.25, 0.3) is 0 Å². The summed E-state index contributed by atoms with van der Waals surface area (Å²) < 4.78 is 11.0. The second-order valence-electron chi connectivity index (χ2n) is 6.02. The molecule has 0 radical (unpaired) electrons. The number of hydrogen-bond acceptors (Lipinski definition) is 7. The van der Waals surface area contributed by atoms with E-state index in [0.29, 0.717) is 27.2 Å². The third-order valence-corrected chi connectivity index (χ3v) is 5.45. The smallest absolute Gasteiger partial charge is 0.242 e. The van der Waals surface area contributed by atoms with Gasteiger partial charge in [0.1, 0.15) is 22.0 Å². The minimum Gasteiger partial charge on any atom is -0.496 e. The lowest BCUT2D eigenvalue weighted by Gasteiger charge is -2.08. The Morgan fingerprint density at radius 2 is 2.11 bits per heavy atom. The fraction of sp³-hybridized carbons (Fsp3) is 0.100. The van der Waals surface area contributed by atoms with Crippen molar-refractivity contribution in [3.8, 4) is 5.75 Å². The largest absolute Gasteiger partial charge is 0.496 e. The number of aromatic nitrogens is 1. The maximum absolute atomic E-state index is 12.8. The van der Waals surface area contributed by atoms with Gasteiger partial charge >= 0.3 is 0 Å². The molecule has 0 spiro atoms. The van der Waals surface area contributed by atoms with Crippen LogP contribution in [0.3, 0.4) is 0 Å². The molecule has 0 fully saturated rings. The van der Waals surface area contributed by atoms with Crippen LogP contribution in [0.2, 0.25) is 5.02 Å². The van der Waals surface area contributed by atoms with Crippen molar-refractivity contribution in [1.29, 1.82) is 0 Å². The molecule has 0 saturated heterocycles. The summed E-state index contributed by atoms with van der Waals surface area (Å²) in [6.07, 6.45) is 0. The van der Waals surface area contributed by atoms with E-state index in [0.717, 1.165) is 16.7 Å². The van der Waals surface area contributed by atoms with Gasteiger partial charge in [-0.05, 0) is 30.3 Å². The lowest BCUT2D eigenvalue weighted by molar-refractivity contribution is 0.102. The van der Waals surface area contributed by atoms with Crippen LogP contribution in [0.25, 0.3) is 11.0 Å². The number of carbonyl (C=O) groups is 1. The number of para-hydroxylation sites is 1. The first-order chi connectivity index (χ1) is 13.5. The van der Waals surface area contributed by atoms with Gasteiger partial charge in [-0.1, -0.05) is 41.1 Å². The molecule has 2 aromatic carbocycles. The van der Waals surface area contributed by atoms with Gasteiger partial charge in [0.15, 0.2) is 10.9 Å². The first kappa shape index (κ1) is 18.3. The van der Waals surface area contributed by atoms with Crippen molar-refractivity contribution in [2.75, 3.05) is 18.2 Å². The highest BCUT2D eigenvalue weighted by Gasteiger charge is 2.21. The van der Waals surface area contributed by atoms with E-state index >= 15 is 0 Å². The first-order valence-electron chi connectivity index (χ1n) is 8.41. The number of nitrogens with zero attached hydrogens (tertiary/aromatic N) is 1. The number of benzene rings is 2. The van der Waals surface area contributed by atoms with E-state index < -0.39 is 0 Å². The van der Waals surface area contributed by atoms with Gasteiger partial charge in [-0.15, -0.1) is 0 Å². The molecule has 0 saturated carbocycles. The summed E-state index contributed by atoms with van der Waals surface area (Å²) in [6.45, 7) is 0.494. The minimum atomic E-state index is -0.312. The molecular formula is C20H16ClN3O3S. The van der Waals surface area contributed by atoms with Gasteiger partial charge in [0, 0.05) is 22.5 Å². The number of nitrogen functional groups attached to an aromatic ring is 1. The molecular weight excluding hydrogens is 398 g/mol. The van der Waals surface area contributed by atoms with Crippen LogP contribution in [0.15, 0.2) is 52.9 Å². The highest BCUT2D eigenvalue weighted by molar-refractivity contribution is 7.18. The lowest BCUT2D eigenvalue weighted by Crippen LogP contribution is -2.01. The molecule has 142 valence electrons. The van der Waals surface area contributed by atoms with Crippen LogP contribution in [0, 0.1) is 0 Å². The summed E-state index contributed by atoms with van der Waals surface area (Å²) in [5.74, 6) is 0.823. The predicted molar refractivity (Wildman–Crippen MR) is 112 cm³/mol. The molecule has 2 aromatic heterocycles. The Kier molecular flexibility index (Phi) is 4.93. The maximum atomic E-state index is 12.8. The molecule has 0 aliphatic heterocycles. The Labute approximate surface area is 169 Å². The number of ketones is 1. The monoisotopic (exact) mass is 413 g/mol. The van der Waals surface area contributed by atoms with Gasteiger partial charge in [-0.2, -0.15) is 0 Å². The first-order valence-corrected chi connectivity index (χ1v) is 9.60. The van der Waals surface area contributed by atoms with Crippen LogP contribution < -0.4 is 15.8 Å². The van der Waals surface area contributed by atoms with E-state index in [1.54, 1.807) is 31.4 Å². The number of hydrogen-bond donors (Lipinski definition) is 2. The molecule has 0 aliphatic rings. The van der Waals surface area contributed by atoms with Gasteiger partial charge in [0.2, 0.25) is 5.78 Å². The molecule has 0 amide bonds. The zero-order chi connectivity index (χ0) is 19.7. The highest BCUT2D eigenvalue weighted by Crippen LogP contribution is 2.31. The number of halogens is 1. The average Bonchev–Trinajstić information content (AvgIpc) is 3.29. The van der Waals surface area contributed by atoms with Crippen molar-refractivity contribution < 1.29 is 13.9 Å². The average molecular weight is 414 g/mol. The number of furan rings is 1. The number of nitrogens with two attached hydrogens (primary N) is 1. The number of fused-ring (bicyclic) bond motifs is 1. The van der Waals surface area contributed by atoms with Gasteiger partial charge < -0.3 is 20.2 Å². The molecule has 2 heterocycles. The van der Waals surface area contributed by atoms with Crippen molar-refractivity contribution in [3.63, 3.8) is 0 Å². The quantitative estimate of drug-likeness (QED) is 0.433. The summed E-state index contributed by atoms with van der Waals surface area (Å²) in [5.41, 5.74) is 7.54. The van der Waals surface area contributed by atoms with Crippen molar-refractivity contribution in [2.45, 2.75) is 6.54 Å². The number of carbonyl (C=O) groups excluding carboxylic acids is 1. The lowest BCUT2D eigenvalue weighted by atomic mass is 10.2. The highest BCUT2D eigenvalue weighted by atomic mass is 35.5. The van der Waals surface area contributed by atoms with Crippen molar-refractivity contribution >= 4 is 50.6 Å². The normalized spacial score (nSPS) is 10.9. The number of rotatable bonds is 6.